The average molecular weight is 403 g/mol. The van der Waals surface area contributed by atoms with Gasteiger partial charge in [0.15, 0.2) is 0 Å². The number of nitrogens with one attached hydrogen (secondary N) is 1. The van der Waals surface area contributed by atoms with E-state index < -0.39 is 40.8 Å². The monoisotopic (exact) mass is 403 g/mol. The number of carbonyl (C=O) groups is 2. The molecule has 1 aliphatic rings. The molecule has 1 aromatic carbocycles. The number of hydrogen-bond acceptors (Lipinski definition) is 7. The Morgan fingerprint density at radius 2 is 2.07 bits per heavy atom. The van der Waals surface area contributed by atoms with Crippen LogP contribution in [-0.2, 0) is 20.5 Å². The molecule has 28 heavy (non-hydrogen) atoms. The van der Waals surface area contributed by atoms with Crippen molar-refractivity contribution in [1.29, 1.82) is 0 Å². The Balaban J connectivity index is 2.55. The van der Waals surface area contributed by atoms with E-state index in [0.29, 0.717) is 6.07 Å². The number of halogens is 3. The van der Waals surface area contributed by atoms with Crippen molar-refractivity contribution in [2.75, 3.05) is 32.1 Å². The van der Waals surface area contributed by atoms with E-state index in [2.05, 4.69) is 10.1 Å². The molecule has 0 spiro atoms. The summed E-state index contributed by atoms with van der Waals surface area (Å²) >= 11 is 0. The van der Waals surface area contributed by atoms with E-state index in [-0.39, 0.29) is 35.6 Å². The third kappa shape index (κ3) is 4.06. The predicted octanol–water partition coefficient (Wildman–Crippen LogP) is 1.60. The number of nitro groups is 1. The van der Waals surface area contributed by atoms with Gasteiger partial charge in [-0.05, 0) is 18.6 Å². The second kappa shape index (κ2) is 7.84. The molecule has 0 atom stereocenters. The number of hydrogen-bond donors (Lipinski definition) is 2. The van der Waals surface area contributed by atoms with Crippen LogP contribution in [0.4, 0.5) is 24.5 Å². The number of ether oxygens (including phenoxy) is 1. The van der Waals surface area contributed by atoms with Crippen LogP contribution in [0.25, 0.3) is 0 Å². The number of esters is 1. The second-order valence-corrected chi connectivity index (χ2v) is 5.86. The average Bonchev–Trinajstić information content (AvgIpc) is 2.89. The molecule has 0 aromatic heterocycles. The third-order valence-corrected chi connectivity index (χ3v) is 4.06. The Morgan fingerprint density at radius 3 is 2.57 bits per heavy atom. The molecule has 2 N–H and O–H groups in total. The van der Waals surface area contributed by atoms with Crippen molar-refractivity contribution < 1.29 is 37.5 Å². The van der Waals surface area contributed by atoms with Gasteiger partial charge in [0.1, 0.15) is 11.4 Å². The summed E-state index contributed by atoms with van der Waals surface area (Å²) in [5, 5.41) is 22.7. The molecular weight excluding hydrogens is 387 g/mol. The minimum atomic E-state index is -4.80. The summed E-state index contributed by atoms with van der Waals surface area (Å²) in [6.45, 7) is 0.384. The predicted molar refractivity (Wildman–Crippen MR) is 89.2 cm³/mol. The van der Waals surface area contributed by atoms with Gasteiger partial charge in [-0.3, -0.25) is 14.9 Å². The highest BCUT2D eigenvalue weighted by Gasteiger charge is 2.38. The molecule has 0 unspecified atom stereocenters. The fourth-order valence-corrected chi connectivity index (χ4v) is 2.74. The number of nitrogens with zero attached hydrogens (tertiary/aromatic N) is 2. The first-order valence-corrected chi connectivity index (χ1v) is 7.86. The van der Waals surface area contributed by atoms with Gasteiger partial charge in [0.2, 0.25) is 0 Å². The van der Waals surface area contributed by atoms with Crippen LogP contribution in [0.2, 0.25) is 0 Å². The third-order valence-electron chi connectivity index (χ3n) is 4.06. The molecule has 1 amide bonds. The Bertz CT molecular complexity index is 866. The normalized spacial score (nSPS) is 14.5. The lowest BCUT2D eigenvalue weighted by Crippen LogP contribution is -2.31. The van der Waals surface area contributed by atoms with E-state index in [1.165, 1.54) is 0 Å². The van der Waals surface area contributed by atoms with Crippen LogP contribution in [0, 0.1) is 17.0 Å². The van der Waals surface area contributed by atoms with E-state index in [4.69, 9.17) is 5.11 Å². The van der Waals surface area contributed by atoms with Gasteiger partial charge in [0.05, 0.1) is 36.3 Å². The zero-order valence-corrected chi connectivity index (χ0v) is 14.8. The molecule has 2 rings (SSSR count). The molecule has 12 heteroatoms. The van der Waals surface area contributed by atoms with Gasteiger partial charge in [-0.2, -0.15) is 13.2 Å². The smallest absolute Gasteiger partial charge is 0.416 e. The van der Waals surface area contributed by atoms with Crippen LogP contribution in [0.15, 0.2) is 23.4 Å². The SMILES string of the molecule is COC(=O)C1=C(Nc2cc(C)c(C(F)(F)F)cc2[N+](=O)[O-])C(=O)N(CCO)C1. The zero-order valence-electron chi connectivity index (χ0n) is 14.8. The van der Waals surface area contributed by atoms with Crippen LogP contribution < -0.4 is 5.32 Å². The molecular formula is C16H16F3N3O6. The molecule has 0 bridgehead atoms. The van der Waals surface area contributed by atoms with Crippen molar-refractivity contribution in [2.24, 2.45) is 0 Å². The standard InChI is InChI=1S/C16H16F3N3O6/c1-8-5-11(12(22(26)27)6-10(8)16(17,18)19)20-13-9(15(25)28-2)7-21(3-4-23)14(13)24/h5-6,20,23H,3-4,7H2,1-2H3. The number of aliphatic hydroxyl groups excluding tert-OH is 1. The number of amides is 1. The maximum absolute atomic E-state index is 13.0. The molecule has 0 fully saturated rings. The van der Waals surface area contributed by atoms with Gasteiger partial charge in [-0.15, -0.1) is 0 Å². The number of β-amino-alcohol motifs (C(OH)–C–C–N with tert-alkyl or cyclic N) is 1. The first-order chi connectivity index (χ1) is 13.0. The summed E-state index contributed by atoms with van der Waals surface area (Å²) in [5.74, 6) is -1.64. The molecule has 1 aromatic rings. The van der Waals surface area contributed by atoms with Crippen molar-refractivity contribution in [3.8, 4) is 0 Å². The van der Waals surface area contributed by atoms with Crippen molar-refractivity contribution in [2.45, 2.75) is 13.1 Å². The van der Waals surface area contributed by atoms with Gasteiger partial charge >= 0.3 is 12.1 Å². The van der Waals surface area contributed by atoms with Crippen molar-refractivity contribution in [1.82, 2.24) is 4.90 Å². The van der Waals surface area contributed by atoms with Gasteiger partial charge in [-0.1, -0.05) is 0 Å². The fourth-order valence-electron chi connectivity index (χ4n) is 2.74. The first-order valence-electron chi connectivity index (χ1n) is 7.86. The second-order valence-electron chi connectivity index (χ2n) is 5.86. The van der Waals surface area contributed by atoms with Crippen LogP contribution in [0.3, 0.4) is 0 Å². The number of carbonyl (C=O) groups excluding carboxylic acids is 2. The molecule has 0 aliphatic carbocycles. The topological polar surface area (TPSA) is 122 Å². The summed E-state index contributed by atoms with van der Waals surface area (Å²) in [5.41, 5.74) is -3.31. The molecule has 0 radical (unpaired) electrons. The summed E-state index contributed by atoms with van der Waals surface area (Å²) < 4.78 is 43.7. The minimum Gasteiger partial charge on any atom is -0.466 e. The van der Waals surface area contributed by atoms with Gasteiger partial charge in [0.25, 0.3) is 11.6 Å². The van der Waals surface area contributed by atoms with Crippen molar-refractivity contribution in [3.63, 3.8) is 0 Å². The largest absolute Gasteiger partial charge is 0.466 e. The Labute approximate surface area is 156 Å². The highest BCUT2D eigenvalue weighted by molar-refractivity contribution is 6.08. The van der Waals surface area contributed by atoms with E-state index in [0.717, 1.165) is 25.0 Å². The van der Waals surface area contributed by atoms with E-state index in [1.807, 2.05) is 0 Å². The van der Waals surface area contributed by atoms with Gasteiger partial charge < -0.3 is 20.1 Å². The summed E-state index contributed by atoms with van der Waals surface area (Å²) in [4.78, 5) is 35.7. The Hall–Kier alpha value is -3.15. The molecule has 0 saturated carbocycles. The maximum atomic E-state index is 13.0. The number of rotatable bonds is 6. The Kier molecular flexibility index (Phi) is 5.92. The maximum Gasteiger partial charge on any atom is 0.416 e. The molecule has 1 aliphatic heterocycles. The highest BCUT2D eigenvalue weighted by atomic mass is 19.4. The number of methoxy groups -OCH3 is 1. The quantitative estimate of drug-likeness (QED) is 0.420. The fraction of sp³-hybridized carbons (Fsp3) is 0.375. The zero-order chi connectivity index (χ0) is 21.2. The summed E-state index contributed by atoms with van der Waals surface area (Å²) in [6.07, 6.45) is -4.80. The molecule has 9 nitrogen and oxygen atoms in total. The van der Waals surface area contributed by atoms with Crippen LogP contribution >= 0.6 is 0 Å². The van der Waals surface area contributed by atoms with Gasteiger partial charge in [-0.25, -0.2) is 4.79 Å². The van der Waals surface area contributed by atoms with Crippen LogP contribution in [0.1, 0.15) is 11.1 Å². The highest BCUT2D eigenvalue weighted by Crippen LogP contribution is 2.38. The number of aliphatic hydroxyl groups is 1. The number of benzene rings is 1. The lowest BCUT2D eigenvalue weighted by molar-refractivity contribution is -0.384. The number of alkyl halides is 3. The van der Waals surface area contributed by atoms with E-state index in [1.54, 1.807) is 0 Å². The number of aryl methyl sites for hydroxylation is 1. The minimum absolute atomic E-state index is 0.112. The Morgan fingerprint density at radius 1 is 1.43 bits per heavy atom. The number of anilines is 1. The first kappa shape index (κ1) is 21.2. The summed E-state index contributed by atoms with van der Waals surface area (Å²) in [6, 6.07) is 1.24. The van der Waals surface area contributed by atoms with Crippen LogP contribution in [-0.4, -0.2) is 53.6 Å². The van der Waals surface area contributed by atoms with E-state index >= 15 is 0 Å². The lowest BCUT2D eigenvalue weighted by atomic mass is 10.1. The number of nitro benzene ring substituents is 1. The van der Waals surface area contributed by atoms with Crippen molar-refractivity contribution in [3.05, 3.63) is 44.6 Å². The van der Waals surface area contributed by atoms with Crippen LogP contribution in [0.5, 0.6) is 0 Å². The molecule has 152 valence electrons. The van der Waals surface area contributed by atoms with E-state index in [9.17, 15) is 32.9 Å². The van der Waals surface area contributed by atoms with Crippen molar-refractivity contribution >= 4 is 23.3 Å². The van der Waals surface area contributed by atoms with Gasteiger partial charge in [0, 0.05) is 12.6 Å². The summed E-state index contributed by atoms with van der Waals surface area (Å²) in [7, 11) is 1.07. The lowest BCUT2D eigenvalue weighted by Gasteiger charge is -2.16. The molecule has 1 heterocycles. The molecule has 0 saturated heterocycles.